The van der Waals surface area contributed by atoms with Crippen molar-refractivity contribution in [1.82, 2.24) is 0 Å². The lowest BCUT2D eigenvalue weighted by atomic mass is 9.63. The summed E-state index contributed by atoms with van der Waals surface area (Å²) in [6.07, 6.45) is -2.27. The van der Waals surface area contributed by atoms with E-state index in [2.05, 4.69) is 0 Å². The zero-order chi connectivity index (χ0) is 24.8. The summed E-state index contributed by atoms with van der Waals surface area (Å²) in [4.78, 5) is 0. The molecule has 0 saturated carbocycles. The maximum absolute atomic E-state index is 12.1. The average molecular weight is 470 g/mol. The molecule has 4 rings (SSSR count). The van der Waals surface area contributed by atoms with Crippen molar-refractivity contribution in [3.05, 3.63) is 131 Å². The molecule has 5 heteroatoms. The minimum atomic E-state index is -1.19. The highest BCUT2D eigenvalue weighted by molar-refractivity contribution is 5.54. The molecule has 0 aromatic heterocycles. The van der Waals surface area contributed by atoms with Gasteiger partial charge in [-0.05, 0) is 46.5 Å². The molecule has 0 fully saturated rings. The van der Waals surface area contributed by atoms with Crippen LogP contribution in [0.15, 0.2) is 109 Å². The van der Waals surface area contributed by atoms with Crippen molar-refractivity contribution >= 4 is 0 Å². The van der Waals surface area contributed by atoms with Crippen molar-refractivity contribution < 1.29 is 19.7 Å². The van der Waals surface area contributed by atoms with Crippen LogP contribution in [-0.2, 0) is 5.41 Å². The van der Waals surface area contributed by atoms with E-state index in [4.69, 9.17) is 15.2 Å². The van der Waals surface area contributed by atoms with E-state index in [1.807, 2.05) is 109 Å². The molecule has 0 saturated heterocycles. The fraction of sp³-hybridized carbons (Fsp3) is 0.200. The molecule has 0 bridgehead atoms. The Morgan fingerprint density at radius 3 is 1.43 bits per heavy atom. The Labute approximate surface area is 206 Å². The molecule has 5 nitrogen and oxygen atoms in total. The van der Waals surface area contributed by atoms with Crippen LogP contribution in [0.5, 0.6) is 11.5 Å². The fourth-order valence-electron chi connectivity index (χ4n) is 4.75. The average Bonchev–Trinajstić information content (AvgIpc) is 2.94. The minimum absolute atomic E-state index is 0.644. The lowest BCUT2D eigenvalue weighted by Crippen LogP contribution is -2.54. The highest BCUT2D eigenvalue weighted by Crippen LogP contribution is 2.45. The highest BCUT2D eigenvalue weighted by atomic mass is 16.5. The second-order valence-corrected chi connectivity index (χ2v) is 8.51. The minimum Gasteiger partial charge on any atom is -0.497 e. The van der Waals surface area contributed by atoms with Crippen LogP contribution in [-0.4, -0.2) is 36.6 Å². The topological polar surface area (TPSA) is 84.9 Å². The zero-order valence-corrected chi connectivity index (χ0v) is 19.9. The Morgan fingerprint density at radius 1 is 0.600 bits per heavy atom. The van der Waals surface area contributed by atoms with Gasteiger partial charge in [-0.15, -0.1) is 0 Å². The Bertz CT molecular complexity index is 1150. The molecule has 0 spiro atoms. The van der Waals surface area contributed by atoms with Crippen molar-refractivity contribution in [1.29, 1.82) is 0 Å². The van der Waals surface area contributed by atoms with Crippen LogP contribution in [0.2, 0.25) is 0 Å². The third-order valence-corrected chi connectivity index (χ3v) is 6.63. The first kappa shape index (κ1) is 24.5. The van der Waals surface area contributed by atoms with Crippen molar-refractivity contribution in [3.8, 4) is 11.5 Å². The highest BCUT2D eigenvalue weighted by Gasteiger charge is 2.47. The molecule has 3 unspecified atom stereocenters. The molecule has 0 aliphatic rings. The van der Waals surface area contributed by atoms with Crippen LogP contribution in [0.25, 0.3) is 0 Å². The van der Waals surface area contributed by atoms with E-state index in [0.717, 1.165) is 16.7 Å². The summed E-state index contributed by atoms with van der Waals surface area (Å²) in [5.74, 6) is 1.40. The van der Waals surface area contributed by atoms with Gasteiger partial charge in [0.15, 0.2) is 0 Å². The van der Waals surface area contributed by atoms with Crippen LogP contribution in [0.3, 0.4) is 0 Å². The first-order chi connectivity index (χ1) is 17.0. The van der Waals surface area contributed by atoms with Crippen molar-refractivity contribution in [2.45, 2.75) is 23.7 Å². The SMILES string of the molecule is COc1ccc(C(c2ccccc2)(c2ccc(OC)cc2)C(O)C(N)C(O)c2ccccc2)cc1. The van der Waals surface area contributed by atoms with Gasteiger partial charge in [-0.25, -0.2) is 0 Å². The summed E-state index contributed by atoms with van der Waals surface area (Å²) in [5.41, 5.74) is 8.69. The van der Waals surface area contributed by atoms with Gasteiger partial charge in [-0.1, -0.05) is 84.9 Å². The third-order valence-electron chi connectivity index (χ3n) is 6.63. The monoisotopic (exact) mass is 469 g/mol. The molecule has 0 heterocycles. The molecule has 0 radical (unpaired) electrons. The molecule has 4 aromatic rings. The molecule has 0 amide bonds. The maximum Gasteiger partial charge on any atom is 0.118 e. The Balaban J connectivity index is 1.95. The number of benzene rings is 4. The summed E-state index contributed by atoms with van der Waals surface area (Å²) in [6, 6.07) is 33.1. The van der Waals surface area contributed by atoms with Gasteiger partial charge in [-0.2, -0.15) is 0 Å². The van der Waals surface area contributed by atoms with Crippen LogP contribution in [0, 0.1) is 0 Å². The van der Waals surface area contributed by atoms with E-state index in [9.17, 15) is 10.2 Å². The number of rotatable bonds is 9. The summed E-state index contributed by atoms with van der Waals surface area (Å²) in [7, 11) is 3.23. The Hall–Kier alpha value is -3.64. The second-order valence-electron chi connectivity index (χ2n) is 8.51. The first-order valence-electron chi connectivity index (χ1n) is 11.5. The fourth-order valence-corrected chi connectivity index (χ4v) is 4.75. The second kappa shape index (κ2) is 10.7. The molecule has 3 atom stereocenters. The lowest BCUT2D eigenvalue weighted by Gasteiger charge is -2.43. The van der Waals surface area contributed by atoms with E-state index in [1.54, 1.807) is 14.2 Å². The van der Waals surface area contributed by atoms with E-state index in [1.165, 1.54) is 0 Å². The van der Waals surface area contributed by atoms with Gasteiger partial charge in [0.2, 0.25) is 0 Å². The van der Waals surface area contributed by atoms with E-state index in [0.29, 0.717) is 17.1 Å². The zero-order valence-electron chi connectivity index (χ0n) is 19.9. The number of hydrogen-bond donors (Lipinski definition) is 3. The van der Waals surface area contributed by atoms with Crippen molar-refractivity contribution in [3.63, 3.8) is 0 Å². The van der Waals surface area contributed by atoms with Gasteiger partial charge in [0.25, 0.3) is 0 Å². The van der Waals surface area contributed by atoms with E-state index >= 15 is 0 Å². The molecule has 180 valence electrons. The quantitative estimate of drug-likeness (QED) is 0.315. The van der Waals surface area contributed by atoms with Gasteiger partial charge < -0.3 is 25.4 Å². The lowest BCUT2D eigenvalue weighted by molar-refractivity contribution is 0.0274. The third kappa shape index (κ3) is 4.66. The molecule has 35 heavy (non-hydrogen) atoms. The van der Waals surface area contributed by atoms with Crippen LogP contribution in [0.4, 0.5) is 0 Å². The molecule has 0 aliphatic carbocycles. The summed E-state index contributed by atoms with van der Waals surface area (Å²) < 4.78 is 10.8. The van der Waals surface area contributed by atoms with Gasteiger partial charge in [0.05, 0.1) is 37.9 Å². The summed E-state index contributed by atoms with van der Waals surface area (Å²) in [6.45, 7) is 0. The predicted molar refractivity (Wildman–Crippen MR) is 138 cm³/mol. The van der Waals surface area contributed by atoms with Crippen molar-refractivity contribution in [2.75, 3.05) is 14.2 Å². The standard InChI is InChI=1S/C30H31NO4/c1-34-25-17-13-23(14-18-25)30(22-11-7-4-8-12-22,24-15-19-26(35-2)20-16-24)29(33)27(31)28(32)21-9-5-3-6-10-21/h3-20,27-29,32-33H,31H2,1-2H3. The normalized spacial score (nSPS) is 14.1. The number of aliphatic hydroxyl groups excluding tert-OH is 2. The summed E-state index contributed by atoms with van der Waals surface area (Å²) >= 11 is 0. The first-order valence-corrected chi connectivity index (χ1v) is 11.5. The number of ether oxygens (including phenoxy) is 2. The predicted octanol–water partition coefficient (Wildman–Crippen LogP) is 4.46. The molecule has 0 aliphatic heterocycles. The largest absolute Gasteiger partial charge is 0.497 e. The van der Waals surface area contributed by atoms with Crippen LogP contribution in [0.1, 0.15) is 28.4 Å². The molecule has 4 N–H and O–H groups in total. The van der Waals surface area contributed by atoms with Crippen molar-refractivity contribution in [2.24, 2.45) is 5.73 Å². The number of aliphatic hydroxyl groups is 2. The van der Waals surface area contributed by atoms with Gasteiger partial charge in [0.1, 0.15) is 11.5 Å². The molecule has 4 aromatic carbocycles. The van der Waals surface area contributed by atoms with Crippen LogP contribution >= 0.6 is 0 Å². The van der Waals surface area contributed by atoms with E-state index in [-0.39, 0.29) is 0 Å². The molecular formula is C30H31NO4. The number of hydrogen-bond acceptors (Lipinski definition) is 5. The van der Waals surface area contributed by atoms with Crippen LogP contribution < -0.4 is 15.2 Å². The van der Waals surface area contributed by atoms with Gasteiger partial charge in [-0.3, -0.25) is 0 Å². The van der Waals surface area contributed by atoms with Gasteiger partial charge in [0, 0.05) is 0 Å². The summed E-state index contributed by atoms with van der Waals surface area (Å²) in [5, 5.41) is 23.3. The number of nitrogens with two attached hydrogens (primary N) is 1. The smallest absolute Gasteiger partial charge is 0.118 e. The van der Waals surface area contributed by atoms with E-state index < -0.39 is 23.7 Å². The van der Waals surface area contributed by atoms with Gasteiger partial charge >= 0.3 is 0 Å². The molecular weight excluding hydrogens is 438 g/mol. The Morgan fingerprint density at radius 2 is 1.00 bits per heavy atom. The Kier molecular flexibility index (Phi) is 7.51. The number of methoxy groups -OCH3 is 2. The maximum atomic E-state index is 12.1.